The number of hydrogen-bond acceptors (Lipinski definition) is 3. The van der Waals surface area contributed by atoms with Crippen LogP contribution in [-0.4, -0.2) is 32.2 Å². The molecule has 0 saturated carbocycles. The first-order valence-electron chi connectivity index (χ1n) is 7.38. The first-order chi connectivity index (χ1) is 11.1. The molecule has 2 rings (SSSR count). The van der Waals surface area contributed by atoms with E-state index in [9.17, 15) is 4.79 Å². The van der Waals surface area contributed by atoms with Gasteiger partial charge in [-0.3, -0.25) is 0 Å². The van der Waals surface area contributed by atoms with Gasteiger partial charge in [-0.15, -0.1) is 0 Å². The van der Waals surface area contributed by atoms with E-state index in [1.165, 1.54) is 0 Å². The van der Waals surface area contributed by atoms with Crippen molar-refractivity contribution in [1.82, 2.24) is 10.2 Å². The van der Waals surface area contributed by atoms with Crippen LogP contribution in [0, 0.1) is 0 Å². The van der Waals surface area contributed by atoms with E-state index < -0.39 is 0 Å². The van der Waals surface area contributed by atoms with Crippen LogP contribution in [0.4, 0.5) is 4.79 Å². The average Bonchev–Trinajstić information content (AvgIpc) is 2.60. The quantitative estimate of drug-likeness (QED) is 0.891. The molecule has 23 heavy (non-hydrogen) atoms. The largest absolute Gasteiger partial charge is 0.493 e. The number of methoxy groups -OCH3 is 2. The molecule has 122 valence electrons. The van der Waals surface area contributed by atoms with E-state index >= 15 is 0 Å². The third-order valence-electron chi connectivity index (χ3n) is 3.50. The molecule has 0 aliphatic carbocycles. The Morgan fingerprint density at radius 1 is 1.00 bits per heavy atom. The Labute approximate surface area is 136 Å². The molecule has 0 aliphatic rings. The minimum Gasteiger partial charge on any atom is -0.493 e. The van der Waals surface area contributed by atoms with Gasteiger partial charge in [0.05, 0.1) is 14.2 Å². The normalized spacial score (nSPS) is 10.0. The lowest BCUT2D eigenvalue weighted by Crippen LogP contribution is -2.36. The van der Waals surface area contributed by atoms with Crippen LogP contribution in [0.3, 0.4) is 0 Å². The maximum atomic E-state index is 12.2. The van der Waals surface area contributed by atoms with Crippen molar-refractivity contribution in [2.24, 2.45) is 0 Å². The fraction of sp³-hybridized carbons (Fsp3) is 0.278. The zero-order chi connectivity index (χ0) is 16.7. The summed E-state index contributed by atoms with van der Waals surface area (Å²) in [5.74, 6) is 1.32. The number of ether oxygens (including phenoxy) is 2. The van der Waals surface area contributed by atoms with Crippen molar-refractivity contribution in [2.45, 2.75) is 13.1 Å². The third kappa shape index (κ3) is 4.64. The van der Waals surface area contributed by atoms with Gasteiger partial charge in [0, 0.05) is 20.1 Å². The molecule has 2 aromatic carbocycles. The van der Waals surface area contributed by atoms with Crippen molar-refractivity contribution in [2.75, 3.05) is 21.3 Å². The molecule has 5 nitrogen and oxygen atoms in total. The molecule has 5 heteroatoms. The van der Waals surface area contributed by atoms with Crippen molar-refractivity contribution >= 4 is 6.03 Å². The third-order valence-corrected chi connectivity index (χ3v) is 3.50. The van der Waals surface area contributed by atoms with Crippen molar-refractivity contribution in [3.63, 3.8) is 0 Å². The van der Waals surface area contributed by atoms with E-state index in [0.29, 0.717) is 24.6 Å². The van der Waals surface area contributed by atoms with Gasteiger partial charge in [0.1, 0.15) is 0 Å². The van der Waals surface area contributed by atoms with Crippen LogP contribution in [0.5, 0.6) is 11.5 Å². The van der Waals surface area contributed by atoms with Crippen LogP contribution in [-0.2, 0) is 13.1 Å². The van der Waals surface area contributed by atoms with Gasteiger partial charge in [-0.2, -0.15) is 0 Å². The molecular weight excluding hydrogens is 292 g/mol. The zero-order valence-electron chi connectivity index (χ0n) is 13.7. The predicted molar refractivity (Wildman–Crippen MR) is 89.7 cm³/mol. The summed E-state index contributed by atoms with van der Waals surface area (Å²) < 4.78 is 10.5. The van der Waals surface area contributed by atoms with E-state index in [1.54, 1.807) is 26.2 Å². The minimum absolute atomic E-state index is 0.122. The van der Waals surface area contributed by atoms with Gasteiger partial charge in [-0.25, -0.2) is 4.79 Å². The molecule has 0 radical (unpaired) electrons. The van der Waals surface area contributed by atoms with Crippen LogP contribution in [0.15, 0.2) is 48.5 Å². The maximum absolute atomic E-state index is 12.2. The van der Waals surface area contributed by atoms with Crippen molar-refractivity contribution in [3.8, 4) is 11.5 Å². The molecular formula is C18H22N2O3. The maximum Gasteiger partial charge on any atom is 0.317 e. The highest BCUT2D eigenvalue weighted by Gasteiger charge is 2.10. The SMILES string of the molecule is COc1ccc(CNC(=O)N(C)Cc2ccccc2)cc1OC. The summed E-state index contributed by atoms with van der Waals surface area (Å²) in [7, 11) is 4.96. The monoisotopic (exact) mass is 314 g/mol. The Hall–Kier alpha value is -2.69. The predicted octanol–water partition coefficient (Wildman–Crippen LogP) is 3.05. The number of amides is 2. The van der Waals surface area contributed by atoms with Gasteiger partial charge in [0.2, 0.25) is 0 Å². The Balaban J connectivity index is 1.91. The fourth-order valence-electron chi connectivity index (χ4n) is 2.23. The molecule has 2 amide bonds. The van der Waals surface area contributed by atoms with Gasteiger partial charge in [-0.1, -0.05) is 36.4 Å². The Morgan fingerprint density at radius 3 is 2.35 bits per heavy atom. The Kier molecular flexibility index (Phi) is 5.86. The molecule has 0 fully saturated rings. The molecule has 2 aromatic rings. The first kappa shape index (κ1) is 16.7. The van der Waals surface area contributed by atoms with Crippen molar-refractivity contribution in [3.05, 3.63) is 59.7 Å². The van der Waals surface area contributed by atoms with Gasteiger partial charge in [0.15, 0.2) is 11.5 Å². The second kappa shape index (κ2) is 8.08. The lowest BCUT2D eigenvalue weighted by atomic mass is 10.2. The Morgan fingerprint density at radius 2 is 1.70 bits per heavy atom. The van der Waals surface area contributed by atoms with E-state index in [0.717, 1.165) is 11.1 Å². The summed E-state index contributed by atoms with van der Waals surface area (Å²) in [5.41, 5.74) is 2.04. The summed E-state index contributed by atoms with van der Waals surface area (Å²) in [4.78, 5) is 13.8. The summed E-state index contributed by atoms with van der Waals surface area (Å²) in [5, 5.41) is 2.90. The van der Waals surface area contributed by atoms with Crippen molar-refractivity contribution in [1.29, 1.82) is 0 Å². The standard InChI is InChI=1S/C18H22N2O3/c1-20(13-14-7-5-4-6-8-14)18(21)19-12-15-9-10-16(22-2)17(11-15)23-3/h4-11H,12-13H2,1-3H3,(H,19,21). The number of rotatable bonds is 6. The number of carbonyl (C=O) groups is 1. The van der Waals surface area contributed by atoms with E-state index in [4.69, 9.17) is 9.47 Å². The van der Waals surface area contributed by atoms with Crippen LogP contribution in [0.2, 0.25) is 0 Å². The number of urea groups is 1. The summed E-state index contributed by atoms with van der Waals surface area (Å²) >= 11 is 0. The summed E-state index contributed by atoms with van der Waals surface area (Å²) in [6, 6.07) is 15.3. The Bertz CT molecular complexity index is 644. The van der Waals surface area contributed by atoms with E-state index in [1.807, 2.05) is 48.5 Å². The fourth-order valence-corrected chi connectivity index (χ4v) is 2.23. The smallest absolute Gasteiger partial charge is 0.317 e. The first-order valence-corrected chi connectivity index (χ1v) is 7.38. The van der Waals surface area contributed by atoms with Gasteiger partial charge in [0.25, 0.3) is 0 Å². The van der Waals surface area contributed by atoms with Crippen LogP contribution in [0.1, 0.15) is 11.1 Å². The van der Waals surface area contributed by atoms with E-state index in [2.05, 4.69) is 5.32 Å². The summed E-state index contributed by atoms with van der Waals surface area (Å²) in [6.07, 6.45) is 0. The molecule has 0 aromatic heterocycles. The second-order valence-electron chi connectivity index (χ2n) is 5.19. The zero-order valence-corrected chi connectivity index (χ0v) is 13.7. The highest BCUT2D eigenvalue weighted by atomic mass is 16.5. The molecule has 0 atom stereocenters. The second-order valence-corrected chi connectivity index (χ2v) is 5.19. The highest BCUT2D eigenvalue weighted by molar-refractivity contribution is 5.73. The summed E-state index contributed by atoms with van der Waals surface area (Å²) in [6.45, 7) is 0.997. The van der Waals surface area contributed by atoms with Gasteiger partial charge in [-0.05, 0) is 23.3 Å². The van der Waals surface area contributed by atoms with Crippen LogP contribution < -0.4 is 14.8 Å². The lowest BCUT2D eigenvalue weighted by molar-refractivity contribution is 0.206. The molecule has 0 spiro atoms. The number of carbonyl (C=O) groups excluding carboxylic acids is 1. The minimum atomic E-state index is -0.122. The molecule has 0 bridgehead atoms. The molecule has 0 unspecified atom stereocenters. The van der Waals surface area contributed by atoms with Crippen LogP contribution >= 0.6 is 0 Å². The average molecular weight is 314 g/mol. The number of nitrogens with one attached hydrogen (secondary N) is 1. The number of hydrogen-bond donors (Lipinski definition) is 1. The molecule has 0 aliphatic heterocycles. The van der Waals surface area contributed by atoms with E-state index in [-0.39, 0.29) is 6.03 Å². The topological polar surface area (TPSA) is 50.8 Å². The molecule has 1 N–H and O–H groups in total. The number of benzene rings is 2. The molecule has 0 heterocycles. The van der Waals surface area contributed by atoms with Crippen LogP contribution in [0.25, 0.3) is 0 Å². The number of nitrogens with zero attached hydrogens (tertiary/aromatic N) is 1. The highest BCUT2D eigenvalue weighted by Crippen LogP contribution is 2.27. The van der Waals surface area contributed by atoms with Crippen molar-refractivity contribution < 1.29 is 14.3 Å². The van der Waals surface area contributed by atoms with Gasteiger partial charge < -0.3 is 19.7 Å². The van der Waals surface area contributed by atoms with Gasteiger partial charge >= 0.3 is 6.03 Å². The lowest BCUT2D eigenvalue weighted by Gasteiger charge is -2.18. The molecule has 0 saturated heterocycles.